The van der Waals surface area contributed by atoms with E-state index in [-0.39, 0.29) is 18.3 Å². The Labute approximate surface area is 206 Å². The van der Waals surface area contributed by atoms with Crippen molar-refractivity contribution < 1.29 is 33.3 Å². The molecule has 0 unspecified atom stereocenters. The minimum absolute atomic E-state index is 0.100. The number of nitrogens with one attached hydrogen (secondary N) is 1. The second-order valence-electron chi connectivity index (χ2n) is 8.79. The molecule has 0 amide bonds. The molecule has 0 bridgehead atoms. The zero-order chi connectivity index (χ0) is 25.5. The zero-order valence-electron chi connectivity index (χ0n) is 21.1. The number of benzene rings is 1. The first-order valence-corrected chi connectivity index (χ1v) is 12.1. The van der Waals surface area contributed by atoms with Crippen LogP contribution < -0.4 is 10.1 Å². The average molecular weight is 486 g/mol. The van der Waals surface area contributed by atoms with Crippen LogP contribution in [0.15, 0.2) is 46.8 Å². The Kier molecular flexibility index (Phi) is 9.09. The first-order valence-electron chi connectivity index (χ1n) is 12.1. The molecule has 0 fully saturated rings. The molecular formula is C27H35NO7. The fraction of sp³-hybridized carbons (Fsp3) is 0.519. The number of ketones is 1. The summed E-state index contributed by atoms with van der Waals surface area (Å²) >= 11 is 0. The number of Topliss-reactive ketones (excluding diaryl/α,β-unsaturated/α-hetero) is 1. The van der Waals surface area contributed by atoms with Crippen molar-refractivity contribution in [2.45, 2.75) is 46.5 Å². The largest absolute Gasteiger partial charge is 0.494 e. The molecule has 2 aliphatic rings. The lowest BCUT2D eigenvalue weighted by molar-refractivity contribution is -0.151. The molecule has 1 aliphatic heterocycles. The molecular weight excluding hydrogens is 450 g/mol. The van der Waals surface area contributed by atoms with Gasteiger partial charge in [-0.15, -0.1) is 0 Å². The third-order valence-electron chi connectivity index (χ3n) is 6.27. The van der Waals surface area contributed by atoms with Gasteiger partial charge in [-0.25, -0.2) is 4.79 Å². The lowest BCUT2D eigenvalue weighted by Crippen LogP contribution is -2.43. The van der Waals surface area contributed by atoms with Gasteiger partial charge in [0.15, 0.2) is 5.78 Å². The van der Waals surface area contributed by atoms with E-state index in [1.165, 1.54) is 7.11 Å². The Morgan fingerprint density at radius 1 is 1.14 bits per heavy atom. The van der Waals surface area contributed by atoms with Crippen LogP contribution in [0.5, 0.6) is 5.75 Å². The highest BCUT2D eigenvalue weighted by Gasteiger charge is 2.47. The second-order valence-corrected chi connectivity index (χ2v) is 8.79. The van der Waals surface area contributed by atoms with Crippen molar-refractivity contribution >= 4 is 17.7 Å². The first kappa shape index (κ1) is 26.5. The highest BCUT2D eigenvalue weighted by molar-refractivity contribution is 6.12. The number of dihydropyridines is 1. The first-order chi connectivity index (χ1) is 16.8. The van der Waals surface area contributed by atoms with Gasteiger partial charge in [-0.3, -0.25) is 9.59 Å². The summed E-state index contributed by atoms with van der Waals surface area (Å²) in [6.45, 7) is 9.00. The molecule has 0 saturated carbocycles. The maximum Gasteiger partial charge on any atom is 0.336 e. The highest BCUT2D eigenvalue weighted by atomic mass is 16.6. The van der Waals surface area contributed by atoms with Crippen LogP contribution in [0.4, 0.5) is 0 Å². The van der Waals surface area contributed by atoms with E-state index in [0.717, 1.165) is 12.1 Å². The quantitative estimate of drug-likeness (QED) is 0.304. The predicted molar refractivity (Wildman–Crippen MR) is 130 cm³/mol. The maximum atomic E-state index is 13.7. The molecule has 35 heavy (non-hydrogen) atoms. The number of carbonyl (C=O) groups excluding carboxylic acids is 3. The van der Waals surface area contributed by atoms with E-state index in [9.17, 15) is 14.4 Å². The van der Waals surface area contributed by atoms with Gasteiger partial charge in [0.25, 0.3) is 0 Å². The molecule has 1 aliphatic carbocycles. The van der Waals surface area contributed by atoms with Crippen LogP contribution in [0, 0.1) is 11.8 Å². The third-order valence-corrected chi connectivity index (χ3v) is 6.27. The van der Waals surface area contributed by atoms with Crippen LogP contribution >= 0.6 is 0 Å². The predicted octanol–water partition coefficient (Wildman–Crippen LogP) is 3.67. The van der Waals surface area contributed by atoms with Crippen LogP contribution in [0.1, 0.15) is 52.0 Å². The summed E-state index contributed by atoms with van der Waals surface area (Å²) in [5, 5.41) is 3.26. The lowest BCUT2D eigenvalue weighted by atomic mass is 9.69. The van der Waals surface area contributed by atoms with E-state index in [1.54, 1.807) is 6.92 Å². The Bertz CT molecular complexity index is 1030. The van der Waals surface area contributed by atoms with Gasteiger partial charge < -0.3 is 24.3 Å². The smallest absolute Gasteiger partial charge is 0.336 e. The van der Waals surface area contributed by atoms with Crippen LogP contribution in [0.3, 0.4) is 0 Å². The van der Waals surface area contributed by atoms with Gasteiger partial charge in [-0.2, -0.15) is 0 Å². The molecule has 3 rings (SSSR count). The Balaban J connectivity index is 2.04. The van der Waals surface area contributed by atoms with Gasteiger partial charge in [0.1, 0.15) is 18.3 Å². The number of methoxy groups -OCH3 is 1. The molecule has 0 radical (unpaired) electrons. The molecule has 190 valence electrons. The molecule has 0 saturated heterocycles. The van der Waals surface area contributed by atoms with Crippen LogP contribution in [0.25, 0.3) is 0 Å². The van der Waals surface area contributed by atoms with Crippen LogP contribution in [-0.2, 0) is 28.6 Å². The average Bonchev–Trinajstić information content (AvgIpc) is 2.83. The molecule has 1 aromatic rings. The summed E-state index contributed by atoms with van der Waals surface area (Å²) in [5.41, 5.74) is 2.78. The van der Waals surface area contributed by atoms with Gasteiger partial charge in [0.05, 0.1) is 25.9 Å². The summed E-state index contributed by atoms with van der Waals surface area (Å²) in [4.78, 5) is 39.6. The number of rotatable bonds is 10. The van der Waals surface area contributed by atoms with Gasteiger partial charge >= 0.3 is 11.9 Å². The molecule has 1 heterocycles. The Morgan fingerprint density at radius 2 is 1.91 bits per heavy atom. The molecule has 8 nitrogen and oxygen atoms in total. The third kappa shape index (κ3) is 5.75. The minimum Gasteiger partial charge on any atom is -0.494 e. The summed E-state index contributed by atoms with van der Waals surface area (Å²) < 4.78 is 21.6. The van der Waals surface area contributed by atoms with Crippen LogP contribution in [0.2, 0.25) is 0 Å². The number of esters is 2. The van der Waals surface area contributed by atoms with Crippen molar-refractivity contribution in [3.63, 3.8) is 0 Å². The maximum absolute atomic E-state index is 13.7. The Morgan fingerprint density at radius 3 is 2.60 bits per heavy atom. The van der Waals surface area contributed by atoms with E-state index in [2.05, 4.69) is 5.32 Å². The Hall–Kier alpha value is -3.13. The number of hydrogen-bond donors (Lipinski definition) is 1. The fourth-order valence-corrected chi connectivity index (χ4v) is 4.75. The van der Waals surface area contributed by atoms with Crippen molar-refractivity contribution in [3.8, 4) is 5.75 Å². The van der Waals surface area contributed by atoms with Gasteiger partial charge in [-0.05, 0) is 50.3 Å². The SMILES string of the molecule is CCCOCCOC(=O)C1=C(C)NC2=C(C(=O)[C@H](C(=O)OC)[C@@H](C)C2)[C@@H]1c1cccc(OCC)c1. The summed E-state index contributed by atoms with van der Waals surface area (Å²) in [6, 6.07) is 7.33. The fourth-order valence-electron chi connectivity index (χ4n) is 4.75. The molecule has 0 aromatic heterocycles. The molecule has 1 aromatic carbocycles. The van der Waals surface area contributed by atoms with Crippen LogP contribution in [-0.4, -0.2) is 51.3 Å². The van der Waals surface area contributed by atoms with E-state index < -0.39 is 23.8 Å². The minimum atomic E-state index is -0.934. The van der Waals surface area contributed by atoms with Gasteiger partial charge in [-0.1, -0.05) is 26.0 Å². The molecule has 3 atom stereocenters. The topological polar surface area (TPSA) is 100 Å². The summed E-state index contributed by atoms with van der Waals surface area (Å²) in [6.07, 6.45) is 1.35. The van der Waals surface area contributed by atoms with E-state index in [1.807, 2.05) is 45.0 Å². The number of hydrogen-bond acceptors (Lipinski definition) is 8. The number of allylic oxidation sites excluding steroid dienone is 3. The number of ether oxygens (including phenoxy) is 4. The normalized spacial score (nSPS) is 21.9. The summed E-state index contributed by atoms with van der Waals surface area (Å²) in [5.74, 6) is -2.69. The van der Waals surface area contributed by atoms with Crippen molar-refractivity contribution in [2.75, 3.05) is 33.5 Å². The highest BCUT2D eigenvalue weighted by Crippen LogP contribution is 2.45. The van der Waals surface area contributed by atoms with E-state index >= 15 is 0 Å². The van der Waals surface area contributed by atoms with Crippen molar-refractivity contribution in [1.82, 2.24) is 5.32 Å². The molecule has 0 spiro atoms. The molecule has 1 N–H and O–H groups in total. The second kappa shape index (κ2) is 12.0. The number of carbonyl (C=O) groups is 3. The van der Waals surface area contributed by atoms with Gasteiger partial charge in [0.2, 0.25) is 0 Å². The molecule has 8 heteroatoms. The van der Waals surface area contributed by atoms with E-state index in [4.69, 9.17) is 18.9 Å². The van der Waals surface area contributed by atoms with Crippen molar-refractivity contribution in [2.24, 2.45) is 11.8 Å². The van der Waals surface area contributed by atoms with Crippen molar-refractivity contribution in [3.05, 3.63) is 52.4 Å². The van der Waals surface area contributed by atoms with E-state index in [0.29, 0.717) is 54.4 Å². The standard InChI is InChI=1S/C27H35NO7/c1-6-11-33-12-13-35-27(31)22-17(4)28-20-14-16(3)21(26(30)32-5)25(29)24(20)23(22)18-9-8-10-19(15-18)34-7-2/h8-10,15-16,21,23,28H,6-7,11-14H2,1-5H3/t16-,21+,23+/m0/s1. The van der Waals surface area contributed by atoms with Crippen molar-refractivity contribution in [1.29, 1.82) is 0 Å². The monoisotopic (exact) mass is 485 g/mol. The zero-order valence-corrected chi connectivity index (χ0v) is 21.1. The lowest BCUT2D eigenvalue weighted by Gasteiger charge is -2.38. The summed E-state index contributed by atoms with van der Waals surface area (Å²) in [7, 11) is 1.28. The van der Waals surface area contributed by atoms with Gasteiger partial charge in [0, 0.05) is 29.5 Å².